The van der Waals surface area contributed by atoms with Crippen molar-refractivity contribution in [3.8, 4) is 0 Å². The molecule has 2 aromatic rings. The van der Waals surface area contributed by atoms with Crippen molar-refractivity contribution in [2.75, 3.05) is 44.8 Å². The van der Waals surface area contributed by atoms with Gasteiger partial charge in [-0.05, 0) is 34.4 Å². The zero-order valence-corrected chi connectivity index (χ0v) is 24.9. The average molecular weight is 561 g/mol. The fourth-order valence-electron chi connectivity index (χ4n) is 3.91. The molecule has 9 nitrogen and oxygen atoms in total. The van der Waals surface area contributed by atoms with Gasteiger partial charge in [-0.15, -0.1) is 23.5 Å². The monoisotopic (exact) mass is 560 g/mol. The van der Waals surface area contributed by atoms with Gasteiger partial charge < -0.3 is 25.5 Å². The Balaban J connectivity index is 0.000000351. The molecule has 0 saturated heterocycles. The molecule has 4 rings (SSSR count). The second-order valence-corrected chi connectivity index (χ2v) is 10.6. The minimum Gasteiger partial charge on any atom is -0.870 e. The van der Waals surface area contributed by atoms with Crippen LogP contribution < -0.4 is 29.6 Å². The van der Waals surface area contributed by atoms with E-state index in [9.17, 15) is 9.59 Å². The normalized spacial score (nSPS) is 15.2. The van der Waals surface area contributed by atoms with Gasteiger partial charge in [-0.25, -0.2) is 0 Å². The number of hydrogen-bond acceptors (Lipinski definition) is 10. The third-order valence-electron chi connectivity index (χ3n) is 5.67. The van der Waals surface area contributed by atoms with Gasteiger partial charge in [-0.1, -0.05) is 24.3 Å². The second kappa shape index (κ2) is 17.5. The Kier molecular flexibility index (Phi) is 16.0. The van der Waals surface area contributed by atoms with E-state index in [1.807, 2.05) is 41.3 Å². The van der Waals surface area contributed by atoms with E-state index in [1.165, 1.54) is 22.5 Å². The number of thioether (sulfide) groups is 2. The number of rotatable bonds is 6. The number of methoxy groups -OCH3 is 1. The number of carbonyl (C=O) groups is 2. The van der Waals surface area contributed by atoms with Crippen molar-refractivity contribution in [1.29, 1.82) is 0 Å². The summed E-state index contributed by atoms with van der Waals surface area (Å²) in [4.78, 5) is 28.5. The van der Waals surface area contributed by atoms with Gasteiger partial charge in [0.05, 0.1) is 33.4 Å². The van der Waals surface area contributed by atoms with Gasteiger partial charge in [-0.3, -0.25) is 19.4 Å². The summed E-state index contributed by atoms with van der Waals surface area (Å²) in [7, 11) is 1.41. The van der Waals surface area contributed by atoms with Crippen LogP contribution in [0.3, 0.4) is 0 Å². The summed E-state index contributed by atoms with van der Waals surface area (Å²) >= 11 is 3.54. The van der Waals surface area contributed by atoms with Crippen molar-refractivity contribution in [2.24, 2.45) is 0 Å². The molecule has 0 amide bonds. The van der Waals surface area contributed by atoms with E-state index in [1.54, 1.807) is 23.5 Å². The van der Waals surface area contributed by atoms with E-state index in [4.69, 9.17) is 20.1 Å². The average Bonchev–Trinajstić information content (AvgIpc) is 3.17. The van der Waals surface area contributed by atoms with E-state index < -0.39 is 5.97 Å². The Morgan fingerprint density at radius 3 is 1.73 bits per heavy atom. The van der Waals surface area contributed by atoms with Crippen LogP contribution in [0.4, 0.5) is 0 Å². The number of carbonyl (C=O) groups excluding carboxylic acids is 1. The van der Waals surface area contributed by atoms with Gasteiger partial charge >= 0.3 is 41.5 Å². The van der Waals surface area contributed by atoms with Gasteiger partial charge in [0.15, 0.2) is 0 Å². The molecule has 0 fully saturated rings. The molecular weight excluding hydrogens is 527 g/mol. The molecule has 2 heterocycles. The third-order valence-corrected chi connectivity index (χ3v) is 7.86. The molecule has 4 N–H and O–H groups in total. The topological polar surface area (TPSA) is 141 Å². The standard InChI is InChI=1S/C13H17NO3S.C12H15NO3S.Na.H2O/c1-17-13(16)8-14-4-5-18-12-3-2-10(9-15)6-11(12)7-14;14-8-9-1-2-11-10(5-9)6-13(3-4-17-11)7-12(15)16;;/h2-3,6,15H,4-5,7-9H2,1H3;1-2,5,14H,3-4,6-8H2,(H,15,16);;1H2/q;;+1;/p-1. The van der Waals surface area contributed by atoms with Crippen molar-refractivity contribution in [2.45, 2.75) is 36.1 Å². The first-order chi connectivity index (χ1) is 16.9. The number of esters is 1. The fourth-order valence-corrected chi connectivity index (χ4v) is 5.99. The summed E-state index contributed by atoms with van der Waals surface area (Å²) in [5.41, 5.74) is 4.07. The first-order valence-electron chi connectivity index (χ1n) is 11.4. The van der Waals surface area contributed by atoms with Crippen LogP contribution in [0.25, 0.3) is 0 Å². The summed E-state index contributed by atoms with van der Waals surface area (Å²) in [5, 5.41) is 27.1. The maximum Gasteiger partial charge on any atom is 1.00 e. The van der Waals surface area contributed by atoms with Crippen LogP contribution in [0, 0.1) is 0 Å². The predicted molar refractivity (Wildman–Crippen MR) is 138 cm³/mol. The van der Waals surface area contributed by atoms with Crippen LogP contribution in [0.5, 0.6) is 0 Å². The number of aliphatic hydroxyl groups excluding tert-OH is 2. The molecular formula is C25H33N2NaO7S2. The van der Waals surface area contributed by atoms with Crippen LogP contribution in [0.15, 0.2) is 46.2 Å². The summed E-state index contributed by atoms with van der Waals surface area (Å²) in [5.74, 6) is 0.861. The largest absolute Gasteiger partial charge is 1.00 e. The molecule has 37 heavy (non-hydrogen) atoms. The minimum absolute atomic E-state index is 0. The molecule has 198 valence electrons. The fraction of sp³-hybridized carbons (Fsp3) is 0.440. The summed E-state index contributed by atoms with van der Waals surface area (Å²) < 4.78 is 4.70. The maximum absolute atomic E-state index is 11.3. The number of carboxylic acid groups (broad SMARTS) is 1. The van der Waals surface area contributed by atoms with Crippen molar-refractivity contribution in [1.82, 2.24) is 9.80 Å². The van der Waals surface area contributed by atoms with Gasteiger partial charge in [-0.2, -0.15) is 0 Å². The Bertz CT molecular complexity index is 1030. The van der Waals surface area contributed by atoms with Crippen molar-refractivity contribution < 1.29 is 64.7 Å². The zero-order valence-electron chi connectivity index (χ0n) is 21.3. The van der Waals surface area contributed by atoms with E-state index in [2.05, 4.69) is 4.90 Å². The minimum atomic E-state index is -0.795. The molecule has 2 aliphatic heterocycles. The number of carboxylic acids is 1. The van der Waals surface area contributed by atoms with Crippen LogP contribution in [-0.4, -0.2) is 87.3 Å². The third kappa shape index (κ3) is 10.9. The second-order valence-electron chi connectivity index (χ2n) is 8.29. The molecule has 0 bridgehead atoms. The first-order valence-corrected chi connectivity index (χ1v) is 13.3. The van der Waals surface area contributed by atoms with Crippen molar-refractivity contribution >= 4 is 35.5 Å². The number of benzene rings is 2. The number of ether oxygens (including phenoxy) is 1. The number of fused-ring (bicyclic) bond motifs is 2. The van der Waals surface area contributed by atoms with Crippen molar-refractivity contribution in [3.63, 3.8) is 0 Å². The molecule has 0 aliphatic carbocycles. The van der Waals surface area contributed by atoms with Crippen LogP contribution in [0.1, 0.15) is 22.3 Å². The van der Waals surface area contributed by atoms with Crippen LogP contribution >= 0.6 is 23.5 Å². The molecule has 0 unspecified atom stereocenters. The zero-order chi connectivity index (χ0) is 25.2. The van der Waals surface area contributed by atoms with E-state index in [-0.39, 0.29) is 60.8 Å². The molecule has 2 aromatic carbocycles. The van der Waals surface area contributed by atoms with Crippen molar-refractivity contribution in [3.05, 3.63) is 58.7 Å². The quantitative estimate of drug-likeness (QED) is 0.304. The molecule has 0 aromatic heterocycles. The summed E-state index contributed by atoms with van der Waals surface area (Å²) in [6.45, 7) is 3.48. The van der Waals surface area contributed by atoms with Crippen LogP contribution in [-0.2, 0) is 40.6 Å². The van der Waals surface area contributed by atoms with E-state index >= 15 is 0 Å². The van der Waals surface area contributed by atoms with Crippen LogP contribution in [0.2, 0.25) is 0 Å². The van der Waals surface area contributed by atoms with E-state index in [0.717, 1.165) is 47.8 Å². The smallest absolute Gasteiger partial charge is 0.870 e. The predicted octanol–water partition coefficient (Wildman–Crippen LogP) is -0.742. The Labute approximate surface area is 248 Å². The number of aliphatic carboxylic acids is 1. The summed E-state index contributed by atoms with van der Waals surface area (Å²) in [6, 6.07) is 11.9. The molecule has 2 aliphatic rings. The van der Waals surface area contributed by atoms with Gasteiger partial charge in [0, 0.05) is 47.5 Å². The first kappa shape index (κ1) is 33.9. The number of nitrogens with zero attached hydrogens (tertiary/aromatic N) is 2. The molecule has 0 saturated carbocycles. The Morgan fingerprint density at radius 1 is 0.865 bits per heavy atom. The molecule has 12 heteroatoms. The Morgan fingerprint density at radius 2 is 1.32 bits per heavy atom. The SMILES string of the molecule is COC(=O)CN1CCSc2ccc(CO)cc2C1.O=C(O)CN1CCSc2ccc(CO)cc2C1.[Na+].[OH-]. The maximum atomic E-state index is 11.3. The molecule has 0 spiro atoms. The number of hydrogen-bond donors (Lipinski definition) is 3. The van der Waals surface area contributed by atoms with Gasteiger partial charge in [0.25, 0.3) is 0 Å². The molecule has 0 atom stereocenters. The summed E-state index contributed by atoms with van der Waals surface area (Å²) in [6.07, 6.45) is 0. The Hall–Kier alpha value is -1.12. The van der Waals surface area contributed by atoms with Gasteiger partial charge in [0.2, 0.25) is 0 Å². The number of aliphatic hydroxyl groups is 2. The van der Waals surface area contributed by atoms with E-state index in [0.29, 0.717) is 13.1 Å². The van der Waals surface area contributed by atoms with Gasteiger partial charge in [0.1, 0.15) is 0 Å². The molecule has 0 radical (unpaired) electrons.